The van der Waals surface area contributed by atoms with Gasteiger partial charge in [-0.3, -0.25) is 0 Å². The molecule has 1 atom stereocenters. The van der Waals surface area contributed by atoms with Crippen LogP contribution in [-0.4, -0.2) is 4.57 Å². The van der Waals surface area contributed by atoms with E-state index in [4.69, 9.17) is 4.74 Å². The fourth-order valence-electron chi connectivity index (χ4n) is 5.98. The van der Waals surface area contributed by atoms with Crippen molar-refractivity contribution in [3.63, 3.8) is 0 Å². The van der Waals surface area contributed by atoms with Crippen molar-refractivity contribution in [2.75, 3.05) is 0 Å². The van der Waals surface area contributed by atoms with Crippen LogP contribution in [0.15, 0.2) is 47.9 Å². The van der Waals surface area contributed by atoms with Crippen LogP contribution in [0.2, 0.25) is 0 Å². The highest BCUT2D eigenvalue weighted by Gasteiger charge is 2.34. The summed E-state index contributed by atoms with van der Waals surface area (Å²) in [6, 6.07) is 13.7. The highest BCUT2D eigenvalue weighted by molar-refractivity contribution is 7.28. The summed E-state index contributed by atoms with van der Waals surface area (Å²) < 4.78 is 11.7. The summed E-state index contributed by atoms with van der Waals surface area (Å²) in [5, 5.41) is 11.9. The second-order valence-electron chi connectivity index (χ2n) is 8.45. The number of hydrogen-bond acceptors (Lipinski definition) is 3. The zero-order valence-corrected chi connectivity index (χ0v) is 17.4. The lowest BCUT2D eigenvalue weighted by atomic mass is 9.84. The Morgan fingerprint density at radius 2 is 1.93 bits per heavy atom. The Labute approximate surface area is 178 Å². The Balaban J connectivity index is 1.62. The summed E-state index contributed by atoms with van der Waals surface area (Å²) in [6.45, 7) is 0. The molecule has 140 valence electrons. The topological polar surface area (TPSA) is 14.2 Å². The van der Waals surface area contributed by atoms with Crippen molar-refractivity contribution in [2.24, 2.45) is 0 Å². The molecular weight excluding hydrogens is 406 g/mol. The lowest BCUT2D eigenvalue weighted by molar-refractivity contribution is 0.277. The Bertz CT molecular complexity index is 1830. The third-order valence-corrected chi connectivity index (χ3v) is 9.18. The van der Waals surface area contributed by atoms with Gasteiger partial charge in [-0.05, 0) is 64.0 Å². The van der Waals surface area contributed by atoms with Crippen LogP contribution >= 0.6 is 22.7 Å². The number of aromatic nitrogens is 1. The molecule has 0 amide bonds. The predicted molar refractivity (Wildman–Crippen MR) is 127 cm³/mol. The normalized spacial score (nSPS) is 17.9. The van der Waals surface area contributed by atoms with Crippen LogP contribution in [-0.2, 0) is 6.42 Å². The van der Waals surface area contributed by atoms with E-state index in [1.54, 1.807) is 0 Å². The van der Waals surface area contributed by atoms with E-state index in [-0.39, 0.29) is 6.10 Å². The molecule has 0 saturated carbocycles. The number of benzene rings is 3. The summed E-state index contributed by atoms with van der Waals surface area (Å²) >= 11 is 3.73. The smallest absolute Gasteiger partial charge is 0.144 e. The van der Waals surface area contributed by atoms with Crippen LogP contribution in [0.5, 0.6) is 5.75 Å². The van der Waals surface area contributed by atoms with Gasteiger partial charge in [-0.25, -0.2) is 0 Å². The molecule has 9 rings (SSSR count). The Hall–Kier alpha value is -3.08. The number of hydrogen-bond donors (Lipinski definition) is 0. The maximum absolute atomic E-state index is 6.38. The summed E-state index contributed by atoms with van der Waals surface area (Å²) in [6.07, 6.45) is 7.92. The first-order chi connectivity index (χ1) is 14.9. The molecule has 2 nitrogen and oxygen atoms in total. The van der Waals surface area contributed by atoms with Crippen molar-refractivity contribution < 1.29 is 4.74 Å². The van der Waals surface area contributed by atoms with Gasteiger partial charge in [-0.15, -0.1) is 22.7 Å². The molecule has 3 aromatic heterocycles. The first kappa shape index (κ1) is 14.8. The molecule has 2 aliphatic carbocycles. The average molecular weight is 420 g/mol. The first-order valence-electron chi connectivity index (χ1n) is 10.3. The minimum Gasteiger partial charge on any atom is -0.481 e. The van der Waals surface area contributed by atoms with Crippen molar-refractivity contribution in [1.29, 1.82) is 0 Å². The molecule has 0 radical (unpaired) electrons. The molecule has 4 heteroatoms. The fourth-order valence-corrected chi connectivity index (χ4v) is 8.11. The van der Waals surface area contributed by atoms with Crippen LogP contribution in [0.4, 0.5) is 0 Å². The van der Waals surface area contributed by atoms with Gasteiger partial charge in [0.25, 0.3) is 0 Å². The monoisotopic (exact) mass is 419 g/mol. The first-order valence-corrected chi connectivity index (χ1v) is 12.0. The molecule has 30 heavy (non-hydrogen) atoms. The van der Waals surface area contributed by atoms with E-state index in [1.807, 2.05) is 22.7 Å². The van der Waals surface area contributed by atoms with Crippen LogP contribution in [0.1, 0.15) is 22.8 Å². The highest BCUT2D eigenvalue weighted by Crippen LogP contribution is 2.53. The van der Waals surface area contributed by atoms with Crippen molar-refractivity contribution in [2.45, 2.75) is 12.5 Å². The second kappa shape index (κ2) is 4.64. The van der Waals surface area contributed by atoms with Crippen LogP contribution < -0.4 is 10.1 Å². The van der Waals surface area contributed by atoms with Crippen LogP contribution in [0, 0.1) is 0 Å². The second-order valence-corrected chi connectivity index (χ2v) is 10.5. The third kappa shape index (κ3) is 1.46. The van der Waals surface area contributed by atoms with Crippen molar-refractivity contribution in [3.8, 4) is 10.8 Å². The molecule has 1 unspecified atom stereocenters. The number of thiophene rings is 2. The summed E-state index contributed by atoms with van der Waals surface area (Å²) in [4.78, 5) is 0. The quantitative estimate of drug-likeness (QED) is 0.270. The van der Waals surface area contributed by atoms with Crippen LogP contribution in [0.3, 0.4) is 0 Å². The standard InChI is InChI=1S/C26H13NOS2/c1-5-14-23-21-12(1)3-7-16-25(21)26-17(28-16)8-4-13-2-6-15(24(23)22(13)26)27(14)20-11-19-18(30-20)9-10-29-19/h1,3-11,16H,2H2. The summed E-state index contributed by atoms with van der Waals surface area (Å²) in [5.74, 6) is 1.05. The lowest BCUT2D eigenvalue weighted by Gasteiger charge is -2.18. The van der Waals surface area contributed by atoms with E-state index >= 15 is 0 Å². The summed E-state index contributed by atoms with van der Waals surface area (Å²) in [7, 11) is 0. The zero-order valence-electron chi connectivity index (χ0n) is 15.7. The minimum absolute atomic E-state index is 0.0440. The Morgan fingerprint density at radius 1 is 0.933 bits per heavy atom. The molecule has 0 bridgehead atoms. The van der Waals surface area contributed by atoms with Gasteiger partial charge in [0.1, 0.15) is 16.9 Å². The molecule has 0 spiro atoms. The molecule has 6 aromatic rings. The molecule has 4 heterocycles. The molecule has 0 saturated heterocycles. The SMILES string of the molecule is C1=CC2Oc3ccc4c5c3c2c2c1ccc1c2c5c(n1-c1cc2sccc2s1)=CC4. The maximum atomic E-state index is 6.38. The van der Waals surface area contributed by atoms with Gasteiger partial charge in [-0.1, -0.05) is 24.3 Å². The summed E-state index contributed by atoms with van der Waals surface area (Å²) in [5.41, 5.74) is 5.45. The maximum Gasteiger partial charge on any atom is 0.144 e. The molecule has 0 fully saturated rings. The van der Waals surface area contributed by atoms with Gasteiger partial charge >= 0.3 is 0 Å². The number of rotatable bonds is 1. The van der Waals surface area contributed by atoms with E-state index in [9.17, 15) is 0 Å². The molecular formula is C26H13NOS2. The fraction of sp³-hybridized carbons (Fsp3) is 0.0769. The van der Waals surface area contributed by atoms with Gasteiger partial charge in [0, 0.05) is 31.1 Å². The predicted octanol–water partition coefficient (Wildman–Crippen LogP) is 6.73. The molecule has 3 aliphatic rings. The van der Waals surface area contributed by atoms with Gasteiger partial charge in [0.15, 0.2) is 0 Å². The van der Waals surface area contributed by atoms with E-state index in [0.29, 0.717) is 0 Å². The molecule has 3 aromatic carbocycles. The highest BCUT2D eigenvalue weighted by atomic mass is 32.1. The molecule has 1 aliphatic heterocycles. The average Bonchev–Trinajstić information content (AvgIpc) is 3.51. The van der Waals surface area contributed by atoms with E-state index in [0.717, 1.165) is 12.2 Å². The third-order valence-electron chi connectivity index (χ3n) is 7.10. The van der Waals surface area contributed by atoms with Gasteiger partial charge < -0.3 is 9.30 Å². The van der Waals surface area contributed by atoms with Crippen molar-refractivity contribution in [1.82, 2.24) is 4.57 Å². The van der Waals surface area contributed by atoms with Crippen molar-refractivity contribution >= 4 is 76.7 Å². The van der Waals surface area contributed by atoms with Gasteiger partial charge in [0.05, 0.1) is 10.9 Å². The van der Waals surface area contributed by atoms with E-state index in [1.165, 1.54) is 68.9 Å². The number of fused-ring (bicyclic) bond motifs is 1. The van der Waals surface area contributed by atoms with Gasteiger partial charge in [-0.2, -0.15) is 0 Å². The van der Waals surface area contributed by atoms with Gasteiger partial charge in [0.2, 0.25) is 0 Å². The number of ether oxygens (including phenoxy) is 1. The number of nitrogens with zero attached hydrogens (tertiary/aromatic N) is 1. The molecule has 0 N–H and O–H groups in total. The Morgan fingerprint density at radius 3 is 2.90 bits per heavy atom. The van der Waals surface area contributed by atoms with E-state index in [2.05, 4.69) is 64.6 Å². The van der Waals surface area contributed by atoms with E-state index < -0.39 is 0 Å². The van der Waals surface area contributed by atoms with Crippen molar-refractivity contribution in [3.05, 3.63) is 69.9 Å². The minimum atomic E-state index is 0.0440. The largest absolute Gasteiger partial charge is 0.481 e. The van der Waals surface area contributed by atoms with Crippen LogP contribution in [0.25, 0.3) is 59.0 Å². The zero-order chi connectivity index (χ0) is 19.1. The Kier molecular flexibility index (Phi) is 2.29. The lowest BCUT2D eigenvalue weighted by Crippen LogP contribution is -2.16.